The van der Waals surface area contributed by atoms with Gasteiger partial charge < -0.3 is 31.5 Å². The van der Waals surface area contributed by atoms with Gasteiger partial charge in [0.05, 0.1) is 0 Å². The number of phenolic OH excluding ortho intramolecular Hbond substituents is 2. The summed E-state index contributed by atoms with van der Waals surface area (Å²) in [5, 5.41) is 26.0. The molecule has 0 bridgehead atoms. The van der Waals surface area contributed by atoms with Crippen LogP contribution < -0.4 is 16.4 Å². The lowest BCUT2D eigenvalue weighted by molar-refractivity contribution is 0.175. The van der Waals surface area contributed by atoms with Gasteiger partial charge in [0.2, 0.25) is 0 Å². The second-order valence-corrected chi connectivity index (χ2v) is 9.60. The fourth-order valence-corrected chi connectivity index (χ4v) is 5.05. The topological polar surface area (TPSA) is 111 Å². The second kappa shape index (κ2) is 14.0. The van der Waals surface area contributed by atoms with Crippen LogP contribution in [0, 0.1) is 0 Å². The van der Waals surface area contributed by atoms with Crippen molar-refractivity contribution in [2.24, 2.45) is 5.73 Å². The molecule has 2 aromatic rings. The Bertz CT molecular complexity index is 933. The lowest BCUT2D eigenvalue weighted by atomic mass is 9.86. The maximum absolute atomic E-state index is 10.9. The first-order chi connectivity index (χ1) is 17.0. The molecular weight excluding hydrogens is 440 g/mol. The lowest BCUT2D eigenvalue weighted by Gasteiger charge is -2.35. The van der Waals surface area contributed by atoms with Crippen molar-refractivity contribution >= 4 is 11.7 Å². The van der Waals surface area contributed by atoms with Crippen molar-refractivity contribution < 1.29 is 15.0 Å². The highest BCUT2D eigenvalue weighted by Gasteiger charge is 2.26. The summed E-state index contributed by atoms with van der Waals surface area (Å²) in [6.07, 6.45) is 9.83. The number of primary amides is 1. The van der Waals surface area contributed by atoms with Crippen molar-refractivity contribution in [2.45, 2.75) is 70.8 Å². The molecule has 1 atom stereocenters. The van der Waals surface area contributed by atoms with E-state index >= 15 is 0 Å². The molecule has 0 spiro atoms. The molecule has 192 valence electrons. The number of urea groups is 1. The van der Waals surface area contributed by atoms with Crippen LogP contribution in [0.3, 0.4) is 0 Å². The van der Waals surface area contributed by atoms with Crippen LogP contribution in [0.25, 0.3) is 0 Å². The van der Waals surface area contributed by atoms with E-state index in [2.05, 4.69) is 22.5 Å². The van der Waals surface area contributed by atoms with Crippen LogP contribution in [0.2, 0.25) is 0 Å². The molecule has 0 aromatic heterocycles. The molecule has 7 nitrogen and oxygen atoms in total. The van der Waals surface area contributed by atoms with Crippen molar-refractivity contribution in [3.8, 4) is 11.5 Å². The number of benzene rings is 2. The van der Waals surface area contributed by atoms with Crippen LogP contribution in [-0.4, -0.2) is 53.4 Å². The molecule has 0 radical (unpaired) electrons. The minimum atomic E-state index is -0.541. The van der Waals surface area contributed by atoms with E-state index in [-0.39, 0.29) is 11.5 Å². The minimum Gasteiger partial charge on any atom is -0.504 e. The van der Waals surface area contributed by atoms with E-state index < -0.39 is 6.03 Å². The first-order valence-electron chi connectivity index (χ1n) is 13.1. The molecule has 0 heterocycles. The number of nitrogens with zero attached hydrogens (tertiary/aromatic N) is 1. The molecular formula is C28H42N4O3. The van der Waals surface area contributed by atoms with Gasteiger partial charge in [0, 0.05) is 17.3 Å². The summed E-state index contributed by atoms with van der Waals surface area (Å²) in [4.78, 5) is 13.5. The number of carbonyl (C=O) groups is 1. The van der Waals surface area contributed by atoms with Gasteiger partial charge in [-0.3, -0.25) is 0 Å². The second-order valence-electron chi connectivity index (χ2n) is 9.60. The highest BCUT2D eigenvalue weighted by atomic mass is 16.3. The average molecular weight is 483 g/mol. The highest BCUT2D eigenvalue weighted by Crippen LogP contribution is 2.36. The van der Waals surface area contributed by atoms with Gasteiger partial charge in [0.15, 0.2) is 11.5 Å². The monoisotopic (exact) mass is 482 g/mol. The molecule has 2 amide bonds. The number of aromatic hydroxyl groups is 2. The van der Waals surface area contributed by atoms with Crippen molar-refractivity contribution in [2.75, 3.05) is 31.5 Å². The van der Waals surface area contributed by atoms with Crippen LogP contribution in [0.4, 0.5) is 10.5 Å². The van der Waals surface area contributed by atoms with Gasteiger partial charge in [-0.05, 0) is 100 Å². The number of nitrogens with one attached hydrogen (secondary N) is 2. The van der Waals surface area contributed by atoms with Crippen LogP contribution in [-0.2, 0) is 19.3 Å². The zero-order chi connectivity index (χ0) is 25.0. The Labute approximate surface area is 209 Å². The van der Waals surface area contributed by atoms with E-state index in [1.165, 1.54) is 36.8 Å². The Morgan fingerprint density at radius 2 is 1.80 bits per heavy atom. The normalized spacial score (nSPS) is 15.2. The van der Waals surface area contributed by atoms with E-state index in [4.69, 9.17) is 5.73 Å². The van der Waals surface area contributed by atoms with Crippen LogP contribution >= 0.6 is 0 Å². The van der Waals surface area contributed by atoms with Gasteiger partial charge in [-0.1, -0.05) is 38.0 Å². The molecule has 2 aromatic carbocycles. The number of unbranched alkanes of at least 4 members (excludes halogenated alkanes) is 3. The number of carbonyl (C=O) groups excluding carboxylic acids is 1. The Kier molecular flexibility index (Phi) is 10.7. The SMILES string of the molecule is CCCN(CCCCCCNCCc1ccc(NC(N)=O)cc1)[C@H]1CCc2c(ccc(O)c2O)C1. The fourth-order valence-electron chi connectivity index (χ4n) is 5.05. The number of hydrogen-bond donors (Lipinski definition) is 5. The smallest absolute Gasteiger partial charge is 0.316 e. The van der Waals surface area contributed by atoms with Crippen molar-refractivity contribution in [1.29, 1.82) is 0 Å². The number of rotatable bonds is 14. The summed E-state index contributed by atoms with van der Waals surface area (Å²) in [5.74, 6) is 0.0717. The molecule has 35 heavy (non-hydrogen) atoms. The van der Waals surface area contributed by atoms with E-state index in [0.717, 1.165) is 69.5 Å². The van der Waals surface area contributed by atoms with E-state index in [1.54, 1.807) is 6.07 Å². The van der Waals surface area contributed by atoms with Gasteiger partial charge in [-0.25, -0.2) is 4.79 Å². The highest BCUT2D eigenvalue weighted by molar-refractivity contribution is 5.87. The third kappa shape index (κ3) is 8.44. The van der Waals surface area contributed by atoms with E-state index in [1.807, 2.05) is 30.3 Å². The van der Waals surface area contributed by atoms with E-state index in [9.17, 15) is 15.0 Å². The molecule has 7 heteroatoms. The Balaban J connectivity index is 1.28. The predicted octanol–water partition coefficient (Wildman–Crippen LogP) is 4.55. The van der Waals surface area contributed by atoms with Crippen molar-refractivity contribution in [3.05, 3.63) is 53.1 Å². The number of nitrogens with two attached hydrogens (primary N) is 1. The Morgan fingerprint density at radius 3 is 2.54 bits per heavy atom. The van der Waals surface area contributed by atoms with Crippen molar-refractivity contribution in [1.82, 2.24) is 10.2 Å². The molecule has 1 aliphatic carbocycles. The molecule has 0 aliphatic heterocycles. The fraction of sp³-hybridized carbons (Fsp3) is 0.536. The Hall–Kier alpha value is -2.77. The third-order valence-corrected chi connectivity index (χ3v) is 6.93. The average Bonchev–Trinajstić information content (AvgIpc) is 2.85. The lowest BCUT2D eigenvalue weighted by Crippen LogP contribution is -2.40. The van der Waals surface area contributed by atoms with Crippen molar-refractivity contribution in [3.63, 3.8) is 0 Å². The zero-order valence-electron chi connectivity index (χ0n) is 21.1. The van der Waals surface area contributed by atoms with Crippen LogP contribution in [0.5, 0.6) is 11.5 Å². The third-order valence-electron chi connectivity index (χ3n) is 6.93. The molecule has 0 unspecified atom stereocenters. The number of hydrogen-bond acceptors (Lipinski definition) is 5. The minimum absolute atomic E-state index is 0.00428. The zero-order valence-corrected chi connectivity index (χ0v) is 21.1. The molecule has 3 rings (SSSR count). The van der Waals surface area contributed by atoms with Gasteiger partial charge >= 0.3 is 6.03 Å². The molecule has 0 saturated carbocycles. The molecule has 0 saturated heterocycles. The molecule has 6 N–H and O–H groups in total. The summed E-state index contributed by atoms with van der Waals surface area (Å²) in [5.41, 5.74) is 9.20. The van der Waals surface area contributed by atoms with Crippen LogP contribution in [0.1, 0.15) is 62.1 Å². The Morgan fingerprint density at radius 1 is 1.03 bits per heavy atom. The van der Waals surface area contributed by atoms with Crippen LogP contribution in [0.15, 0.2) is 36.4 Å². The standard InChI is InChI=1S/C28H42N4O3/c1-2-18-32(24-12-13-25-22(20-24)9-14-26(33)27(25)34)19-6-4-3-5-16-30-17-15-21-7-10-23(11-8-21)31-28(29)35/h7-11,14,24,30,33-34H,2-6,12-13,15-20H2,1H3,(H3,29,31,35)/t24-/m0/s1. The predicted molar refractivity (Wildman–Crippen MR) is 142 cm³/mol. The number of anilines is 1. The summed E-state index contributed by atoms with van der Waals surface area (Å²) >= 11 is 0. The van der Waals surface area contributed by atoms with Gasteiger partial charge in [-0.2, -0.15) is 0 Å². The van der Waals surface area contributed by atoms with Gasteiger partial charge in [-0.15, -0.1) is 0 Å². The summed E-state index contributed by atoms with van der Waals surface area (Å²) in [6.45, 7) is 6.47. The number of fused-ring (bicyclic) bond motifs is 1. The maximum Gasteiger partial charge on any atom is 0.316 e. The van der Waals surface area contributed by atoms with Gasteiger partial charge in [0.1, 0.15) is 0 Å². The molecule has 1 aliphatic rings. The quantitative estimate of drug-likeness (QED) is 0.200. The van der Waals surface area contributed by atoms with E-state index in [0.29, 0.717) is 6.04 Å². The largest absolute Gasteiger partial charge is 0.504 e. The summed E-state index contributed by atoms with van der Waals surface area (Å²) in [6, 6.07) is 11.4. The van der Waals surface area contributed by atoms with Gasteiger partial charge in [0.25, 0.3) is 0 Å². The number of amides is 2. The molecule has 0 fully saturated rings. The number of phenols is 2. The summed E-state index contributed by atoms with van der Waals surface area (Å²) in [7, 11) is 0. The first-order valence-corrected chi connectivity index (χ1v) is 13.1. The first kappa shape index (κ1) is 26.8. The maximum atomic E-state index is 10.9. The summed E-state index contributed by atoms with van der Waals surface area (Å²) < 4.78 is 0.